The van der Waals surface area contributed by atoms with Gasteiger partial charge in [0.2, 0.25) is 0 Å². The Morgan fingerprint density at radius 3 is 2.66 bits per heavy atom. The Hall–Kier alpha value is -4.16. The van der Waals surface area contributed by atoms with Gasteiger partial charge in [-0.3, -0.25) is 9.78 Å². The average Bonchev–Trinajstić information content (AvgIpc) is 3.34. The second kappa shape index (κ2) is 8.89. The van der Waals surface area contributed by atoms with E-state index in [-0.39, 0.29) is 5.43 Å². The van der Waals surface area contributed by atoms with Crippen molar-refractivity contribution >= 4 is 33.3 Å². The number of fused-ring (bicyclic) bond motifs is 2. The zero-order valence-electron chi connectivity index (χ0n) is 19.2. The first-order valence-electron chi connectivity index (χ1n) is 11.5. The van der Waals surface area contributed by atoms with Gasteiger partial charge in [0.1, 0.15) is 5.65 Å². The van der Waals surface area contributed by atoms with Gasteiger partial charge in [-0.25, -0.2) is 9.97 Å². The summed E-state index contributed by atoms with van der Waals surface area (Å²) in [6, 6.07) is 22.4. The van der Waals surface area contributed by atoms with Crippen molar-refractivity contribution in [3.63, 3.8) is 0 Å². The van der Waals surface area contributed by atoms with Gasteiger partial charge in [0, 0.05) is 35.1 Å². The van der Waals surface area contributed by atoms with Crippen LogP contribution in [0.5, 0.6) is 0 Å². The minimum atomic E-state index is 0.0259. The maximum absolute atomic E-state index is 13.5. The number of thiazole rings is 1. The van der Waals surface area contributed by atoms with Gasteiger partial charge in [-0.05, 0) is 55.2 Å². The smallest absolute Gasteiger partial charge is 0.194 e. The van der Waals surface area contributed by atoms with Crippen LogP contribution in [0.3, 0.4) is 0 Å². The molecule has 170 valence electrons. The lowest BCUT2D eigenvalue weighted by molar-refractivity contribution is 0.944. The van der Waals surface area contributed by atoms with Gasteiger partial charge < -0.3 is 4.98 Å². The van der Waals surface area contributed by atoms with Crippen LogP contribution in [-0.4, -0.2) is 19.9 Å². The molecular weight excluding hydrogens is 452 g/mol. The van der Waals surface area contributed by atoms with Gasteiger partial charge in [-0.1, -0.05) is 42.5 Å². The molecule has 2 aromatic carbocycles. The van der Waals surface area contributed by atoms with Gasteiger partial charge in [0.25, 0.3) is 0 Å². The van der Waals surface area contributed by atoms with Crippen molar-refractivity contribution in [3.8, 4) is 21.7 Å². The molecule has 0 bridgehead atoms. The monoisotopic (exact) mass is 474 g/mol. The molecule has 0 aliphatic carbocycles. The number of pyridine rings is 3. The van der Waals surface area contributed by atoms with E-state index in [0.717, 1.165) is 49.6 Å². The molecular formula is C29H22N4OS. The Morgan fingerprint density at radius 2 is 1.83 bits per heavy atom. The fraction of sp³-hybridized carbons (Fsp3) is 0.103. The number of nitrogens with one attached hydrogen (secondary N) is 1. The molecule has 1 N–H and O–H groups in total. The number of aromatic nitrogens is 4. The van der Waals surface area contributed by atoms with Crippen LogP contribution in [-0.2, 0) is 12.8 Å². The van der Waals surface area contributed by atoms with Crippen molar-refractivity contribution < 1.29 is 0 Å². The molecule has 0 saturated heterocycles. The van der Waals surface area contributed by atoms with Crippen molar-refractivity contribution in [1.29, 1.82) is 0 Å². The summed E-state index contributed by atoms with van der Waals surface area (Å²) in [5, 5.41) is 2.61. The van der Waals surface area contributed by atoms with E-state index >= 15 is 0 Å². The van der Waals surface area contributed by atoms with E-state index in [2.05, 4.69) is 33.2 Å². The first-order chi connectivity index (χ1) is 17.2. The quantitative estimate of drug-likeness (QED) is 0.316. The molecule has 0 fully saturated rings. The summed E-state index contributed by atoms with van der Waals surface area (Å²) in [5.74, 6) is 0. The van der Waals surface area contributed by atoms with Crippen LogP contribution in [0.4, 0.5) is 0 Å². The predicted molar refractivity (Wildman–Crippen MR) is 143 cm³/mol. The summed E-state index contributed by atoms with van der Waals surface area (Å²) in [6.07, 6.45) is 6.94. The van der Waals surface area contributed by atoms with Gasteiger partial charge in [0.15, 0.2) is 5.43 Å². The Morgan fingerprint density at radius 1 is 0.943 bits per heavy atom. The predicted octanol–water partition coefficient (Wildman–Crippen LogP) is 6.36. The van der Waals surface area contributed by atoms with Crippen molar-refractivity contribution in [2.24, 2.45) is 0 Å². The third-order valence-corrected chi connectivity index (χ3v) is 7.16. The third kappa shape index (κ3) is 4.13. The Bertz CT molecular complexity index is 1740. The molecule has 0 atom stereocenters. The number of aromatic amines is 1. The molecule has 0 amide bonds. The molecule has 4 heterocycles. The molecule has 0 aliphatic heterocycles. The van der Waals surface area contributed by atoms with Crippen molar-refractivity contribution in [2.75, 3.05) is 0 Å². The zero-order valence-corrected chi connectivity index (χ0v) is 20.0. The molecule has 0 radical (unpaired) electrons. The van der Waals surface area contributed by atoms with E-state index < -0.39 is 0 Å². The van der Waals surface area contributed by atoms with E-state index in [1.165, 1.54) is 5.56 Å². The van der Waals surface area contributed by atoms with E-state index in [1.807, 2.05) is 67.8 Å². The van der Waals surface area contributed by atoms with Crippen LogP contribution in [0, 0.1) is 6.92 Å². The SMILES string of the molecule is Cc1ncc(-c2nc3[nH]cc(CCc4ccccc4)c(=O)c3cc2-c2ccc3ncccc3c2)s1. The number of benzene rings is 2. The molecule has 5 nitrogen and oxygen atoms in total. The minimum Gasteiger partial charge on any atom is -0.346 e. The number of rotatable bonds is 5. The number of hydrogen-bond donors (Lipinski definition) is 1. The molecule has 6 aromatic rings. The first kappa shape index (κ1) is 21.4. The Balaban J connectivity index is 1.51. The second-order valence-corrected chi connectivity index (χ2v) is 9.80. The molecule has 0 unspecified atom stereocenters. The lowest BCUT2D eigenvalue weighted by atomic mass is 9.98. The lowest BCUT2D eigenvalue weighted by Crippen LogP contribution is -2.12. The fourth-order valence-corrected chi connectivity index (χ4v) is 5.20. The van der Waals surface area contributed by atoms with Gasteiger partial charge in [-0.2, -0.15) is 0 Å². The van der Waals surface area contributed by atoms with E-state index in [9.17, 15) is 4.79 Å². The van der Waals surface area contributed by atoms with Crippen molar-refractivity contribution in [3.05, 3.63) is 112 Å². The third-order valence-electron chi connectivity index (χ3n) is 6.24. The lowest BCUT2D eigenvalue weighted by Gasteiger charge is -2.11. The van der Waals surface area contributed by atoms with Crippen molar-refractivity contribution in [1.82, 2.24) is 19.9 Å². The zero-order chi connectivity index (χ0) is 23.8. The molecule has 0 saturated carbocycles. The maximum atomic E-state index is 13.5. The summed E-state index contributed by atoms with van der Waals surface area (Å²) in [7, 11) is 0. The Kier molecular flexibility index (Phi) is 5.43. The number of H-pyrrole nitrogens is 1. The molecule has 6 rings (SSSR count). The minimum absolute atomic E-state index is 0.0259. The molecule has 0 spiro atoms. The van der Waals surface area contributed by atoms with E-state index in [1.54, 1.807) is 17.5 Å². The topological polar surface area (TPSA) is 71.5 Å². The molecule has 6 heteroatoms. The van der Waals surface area contributed by atoms with Crippen LogP contribution in [0.25, 0.3) is 43.6 Å². The van der Waals surface area contributed by atoms with Gasteiger partial charge in [0.05, 0.1) is 26.5 Å². The second-order valence-electron chi connectivity index (χ2n) is 8.56. The number of nitrogens with zero attached hydrogens (tertiary/aromatic N) is 3. The average molecular weight is 475 g/mol. The summed E-state index contributed by atoms with van der Waals surface area (Å²) in [4.78, 5) is 31.6. The first-order valence-corrected chi connectivity index (χ1v) is 12.3. The number of hydrogen-bond acceptors (Lipinski definition) is 5. The van der Waals surface area contributed by atoms with Crippen LogP contribution < -0.4 is 5.43 Å². The molecule has 0 aliphatic rings. The fourth-order valence-electron chi connectivity index (χ4n) is 4.42. The largest absolute Gasteiger partial charge is 0.346 e. The standard InChI is InChI=1S/C29H22N4OS/c1-18-31-17-26(35-18)27-23(20-11-12-25-21(14-20)8-5-13-30-25)15-24-28(34)22(16-32-29(24)33-27)10-9-19-6-3-2-4-7-19/h2-8,11-17H,9-10H2,1H3,(H,32,33,34). The number of aryl methyl sites for hydroxylation is 3. The van der Waals surface area contributed by atoms with Crippen molar-refractivity contribution in [2.45, 2.75) is 19.8 Å². The summed E-state index contributed by atoms with van der Waals surface area (Å²) in [6.45, 7) is 1.98. The highest BCUT2D eigenvalue weighted by Gasteiger charge is 2.17. The highest BCUT2D eigenvalue weighted by Crippen LogP contribution is 2.36. The van der Waals surface area contributed by atoms with E-state index in [0.29, 0.717) is 17.5 Å². The summed E-state index contributed by atoms with van der Waals surface area (Å²) >= 11 is 1.60. The van der Waals surface area contributed by atoms with Gasteiger partial charge in [-0.15, -0.1) is 11.3 Å². The van der Waals surface area contributed by atoms with Crippen LogP contribution in [0.1, 0.15) is 16.1 Å². The van der Waals surface area contributed by atoms with Gasteiger partial charge >= 0.3 is 0 Å². The van der Waals surface area contributed by atoms with E-state index in [4.69, 9.17) is 4.98 Å². The Labute approximate surface area is 206 Å². The normalized spacial score (nSPS) is 11.3. The van der Waals surface area contributed by atoms with Crippen LogP contribution in [0.2, 0.25) is 0 Å². The maximum Gasteiger partial charge on any atom is 0.194 e. The van der Waals surface area contributed by atoms with Crippen LogP contribution in [0.15, 0.2) is 90.1 Å². The molecule has 35 heavy (non-hydrogen) atoms. The summed E-state index contributed by atoms with van der Waals surface area (Å²) < 4.78 is 0. The highest BCUT2D eigenvalue weighted by atomic mass is 32.1. The van der Waals surface area contributed by atoms with Crippen LogP contribution >= 0.6 is 11.3 Å². The molecule has 4 aromatic heterocycles. The highest BCUT2D eigenvalue weighted by molar-refractivity contribution is 7.15. The summed E-state index contributed by atoms with van der Waals surface area (Å²) in [5.41, 5.74) is 6.25.